The topological polar surface area (TPSA) is 51.0 Å². The molecule has 3 heterocycles. The van der Waals surface area contributed by atoms with Crippen molar-refractivity contribution >= 4 is 17.2 Å². The summed E-state index contributed by atoms with van der Waals surface area (Å²) in [7, 11) is 0. The predicted molar refractivity (Wildman–Crippen MR) is 94.0 cm³/mol. The molecule has 4 rings (SSSR count). The van der Waals surface area contributed by atoms with Crippen LogP contribution >= 0.6 is 11.3 Å². The van der Waals surface area contributed by atoms with Crippen LogP contribution in [0.1, 0.15) is 29.4 Å². The highest BCUT2D eigenvalue weighted by molar-refractivity contribution is 7.13. The number of nitrogens with zero attached hydrogens (tertiary/aromatic N) is 4. The van der Waals surface area contributed by atoms with E-state index in [0.29, 0.717) is 12.2 Å². The number of thiazole rings is 1. The van der Waals surface area contributed by atoms with Gasteiger partial charge in [0.15, 0.2) is 0 Å². The molecule has 0 saturated carbocycles. The molecule has 0 aliphatic carbocycles. The zero-order chi connectivity index (χ0) is 16.4. The Morgan fingerprint density at radius 3 is 2.88 bits per heavy atom. The lowest BCUT2D eigenvalue weighted by Gasteiger charge is -2.32. The van der Waals surface area contributed by atoms with E-state index in [0.717, 1.165) is 30.0 Å². The van der Waals surface area contributed by atoms with E-state index in [4.69, 9.17) is 0 Å². The van der Waals surface area contributed by atoms with Crippen LogP contribution in [0.15, 0.2) is 54.2 Å². The van der Waals surface area contributed by atoms with Crippen LogP contribution in [0.4, 0.5) is 0 Å². The minimum Gasteiger partial charge on any atom is -0.335 e. The van der Waals surface area contributed by atoms with Gasteiger partial charge in [-0.2, -0.15) is 5.10 Å². The molecule has 1 fully saturated rings. The summed E-state index contributed by atoms with van der Waals surface area (Å²) in [6, 6.07) is 12.2. The Kier molecular flexibility index (Phi) is 4.13. The Morgan fingerprint density at radius 1 is 1.21 bits per heavy atom. The highest BCUT2D eigenvalue weighted by Crippen LogP contribution is 2.26. The first-order valence-corrected chi connectivity index (χ1v) is 8.98. The zero-order valence-electron chi connectivity index (χ0n) is 13.2. The summed E-state index contributed by atoms with van der Waals surface area (Å²) in [5.41, 5.74) is 1.59. The first-order valence-electron chi connectivity index (χ1n) is 8.10. The quantitative estimate of drug-likeness (QED) is 0.734. The molecule has 0 bridgehead atoms. The fourth-order valence-electron chi connectivity index (χ4n) is 3.10. The summed E-state index contributed by atoms with van der Waals surface area (Å²) in [5, 5.41) is 7.07. The van der Waals surface area contributed by atoms with E-state index >= 15 is 0 Å². The normalized spacial score (nSPS) is 17.8. The van der Waals surface area contributed by atoms with E-state index in [2.05, 4.69) is 10.1 Å². The standard InChI is InChI=1S/C18H18N4OS/c23-18(16-13-24-17(20-16)14-6-2-1-3-7-14)21-10-4-8-15(12-21)22-11-5-9-19-22/h1-3,5-7,9,11,13,15H,4,8,10,12H2/t15-/m0/s1. The van der Waals surface area contributed by atoms with Crippen LogP contribution < -0.4 is 0 Å². The van der Waals surface area contributed by atoms with Crippen molar-refractivity contribution in [2.75, 3.05) is 13.1 Å². The summed E-state index contributed by atoms with van der Waals surface area (Å²) in [6.07, 6.45) is 5.80. The first kappa shape index (κ1) is 15.1. The fourth-order valence-corrected chi connectivity index (χ4v) is 3.90. The molecule has 122 valence electrons. The van der Waals surface area contributed by atoms with Gasteiger partial charge in [0.2, 0.25) is 0 Å². The number of piperidine rings is 1. The third-order valence-electron chi connectivity index (χ3n) is 4.33. The van der Waals surface area contributed by atoms with Gasteiger partial charge in [-0.1, -0.05) is 30.3 Å². The number of rotatable bonds is 3. The summed E-state index contributed by atoms with van der Waals surface area (Å²) in [6.45, 7) is 1.48. The number of carbonyl (C=O) groups is 1. The van der Waals surface area contributed by atoms with Gasteiger partial charge in [0.25, 0.3) is 5.91 Å². The van der Waals surface area contributed by atoms with Gasteiger partial charge in [-0.25, -0.2) is 4.98 Å². The van der Waals surface area contributed by atoms with E-state index in [1.54, 1.807) is 6.20 Å². The van der Waals surface area contributed by atoms with Crippen molar-refractivity contribution in [2.45, 2.75) is 18.9 Å². The Morgan fingerprint density at radius 2 is 2.08 bits per heavy atom. The fraction of sp³-hybridized carbons (Fsp3) is 0.278. The molecule has 1 saturated heterocycles. The number of aromatic nitrogens is 3. The lowest BCUT2D eigenvalue weighted by molar-refractivity contribution is 0.0668. The highest BCUT2D eigenvalue weighted by Gasteiger charge is 2.27. The third-order valence-corrected chi connectivity index (χ3v) is 5.22. The molecule has 0 radical (unpaired) electrons. The van der Waals surface area contributed by atoms with Gasteiger partial charge < -0.3 is 4.90 Å². The number of benzene rings is 1. The molecule has 6 heteroatoms. The largest absolute Gasteiger partial charge is 0.335 e. The molecule has 1 aliphatic heterocycles. The van der Waals surface area contributed by atoms with Crippen LogP contribution in [0.25, 0.3) is 10.6 Å². The summed E-state index contributed by atoms with van der Waals surface area (Å²) < 4.78 is 1.95. The molecule has 0 spiro atoms. The predicted octanol–water partition coefficient (Wildman–Crippen LogP) is 3.48. The van der Waals surface area contributed by atoms with Gasteiger partial charge in [-0.3, -0.25) is 9.48 Å². The second kappa shape index (κ2) is 6.57. The van der Waals surface area contributed by atoms with Crippen LogP contribution in [0.2, 0.25) is 0 Å². The maximum Gasteiger partial charge on any atom is 0.273 e. The Bertz CT molecular complexity index is 813. The van der Waals surface area contributed by atoms with Crippen molar-refractivity contribution in [3.8, 4) is 10.6 Å². The van der Waals surface area contributed by atoms with Crippen molar-refractivity contribution in [1.29, 1.82) is 0 Å². The number of amides is 1. The zero-order valence-corrected chi connectivity index (χ0v) is 14.0. The lowest BCUT2D eigenvalue weighted by atomic mass is 10.1. The Hall–Kier alpha value is -2.47. The van der Waals surface area contributed by atoms with Gasteiger partial charge in [-0.15, -0.1) is 11.3 Å². The summed E-state index contributed by atoms with van der Waals surface area (Å²) in [5.74, 6) is 0.0188. The molecule has 0 N–H and O–H groups in total. The van der Waals surface area contributed by atoms with Crippen molar-refractivity contribution in [3.63, 3.8) is 0 Å². The number of likely N-dealkylation sites (tertiary alicyclic amines) is 1. The molecule has 1 atom stereocenters. The Balaban J connectivity index is 1.50. The van der Waals surface area contributed by atoms with Crippen LogP contribution in [-0.2, 0) is 0 Å². The van der Waals surface area contributed by atoms with Gasteiger partial charge in [-0.05, 0) is 18.9 Å². The minimum absolute atomic E-state index is 0.0188. The third kappa shape index (κ3) is 2.97. The summed E-state index contributed by atoms with van der Waals surface area (Å²) >= 11 is 1.52. The lowest BCUT2D eigenvalue weighted by Crippen LogP contribution is -2.41. The summed E-state index contributed by atoms with van der Waals surface area (Å²) in [4.78, 5) is 19.3. The van der Waals surface area contributed by atoms with Crippen LogP contribution in [-0.4, -0.2) is 38.7 Å². The van der Waals surface area contributed by atoms with Crippen molar-refractivity contribution < 1.29 is 4.79 Å². The molecule has 1 aromatic carbocycles. The molecule has 24 heavy (non-hydrogen) atoms. The van der Waals surface area contributed by atoms with E-state index < -0.39 is 0 Å². The first-order chi connectivity index (χ1) is 11.8. The molecular weight excluding hydrogens is 320 g/mol. The molecule has 3 aromatic rings. The minimum atomic E-state index is 0.0188. The van der Waals surface area contributed by atoms with Crippen LogP contribution in [0.3, 0.4) is 0 Å². The Labute approximate surface area is 144 Å². The maximum atomic E-state index is 12.8. The second-order valence-electron chi connectivity index (χ2n) is 5.94. The average molecular weight is 338 g/mol. The molecule has 2 aromatic heterocycles. The SMILES string of the molecule is O=C(c1csc(-c2ccccc2)n1)N1CCC[C@H](n2cccn2)C1. The van der Waals surface area contributed by atoms with E-state index in [1.165, 1.54) is 11.3 Å². The smallest absolute Gasteiger partial charge is 0.273 e. The second-order valence-corrected chi connectivity index (χ2v) is 6.80. The van der Waals surface area contributed by atoms with Crippen molar-refractivity contribution in [1.82, 2.24) is 19.7 Å². The van der Waals surface area contributed by atoms with Gasteiger partial charge in [0.1, 0.15) is 10.7 Å². The molecule has 1 amide bonds. The molecule has 5 nitrogen and oxygen atoms in total. The highest BCUT2D eigenvalue weighted by atomic mass is 32.1. The molecule has 1 aliphatic rings. The van der Waals surface area contributed by atoms with Crippen molar-refractivity contribution in [2.24, 2.45) is 0 Å². The van der Waals surface area contributed by atoms with E-state index in [1.807, 2.05) is 57.6 Å². The van der Waals surface area contributed by atoms with Gasteiger partial charge in [0, 0.05) is 36.4 Å². The van der Waals surface area contributed by atoms with E-state index in [9.17, 15) is 4.79 Å². The monoisotopic (exact) mass is 338 g/mol. The van der Waals surface area contributed by atoms with Gasteiger partial charge in [0.05, 0.1) is 6.04 Å². The van der Waals surface area contributed by atoms with Crippen LogP contribution in [0.5, 0.6) is 0 Å². The van der Waals surface area contributed by atoms with Gasteiger partial charge >= 0.3 is 0 Å². The van der Waals surface area contributed by atoms with E-state index in [-0.39, 0.29) is 11.9 Å². The number of hydrogen-bond acceptors (Lipinski definition) is 4. The molecule has 0 unspecified atom stereocenters. The van der Waals surface area contributed by atoms with Crippen LogP contribution in [0, 0.1) is 0 Å². The molecular formula is C18H18N4OS. The van der Waals surface area contributed by atoms with Crippen molar-refractivity contribution in [3.05, 3.63) is 59.9 Å². The number of carbonyl (C=O) groups excluding carboxylic acids is 1. The maximum absolute atomic E-state index is 12.8. The average Bonchev–Trinajstić information content (AvgIpc) is 3.34. The number of hydrogen-bond donors (Lipinski definition) is 0.